The topological polar surface area (TPSA) is 128 Å². The lowest BCUT2D eigenvalue weighted by molar-refractivity contribution is -0.103. The number of nitrogens with one attached hydrogen (secondary N) is 1. The van der Waals surface area contributed by atoms with Crippen LogP contribution in [0.25, 0.3) is 0 Å². The van der Waals surface area contributed by atoms with Gasteiger partial charge in [-0.25, -0.2) is 19.0 Å². The minimum absolute atomic E-state index is 0.0610. The van der Waals surface area contributed by atoms with Crippen molar-refractivity contribution in [3.63, 3.8) is 0 Å². The van der Waals surface area contributed by atoms with E-state index in [2.05, 4.69) is 20.0 Å². The molecule has 4 fully saturated rings. The maximum absolute atomic E-state index is 17.7. The minimum atomic E-state index is -1.66. The molecule has 10 rings (SSSR count). The van der Waals surface area contributed by atoms with Crippen molar-refractivity contribution in [1.82, 2.24) is 14.9 Å². The summed E-state index contributed by atoms with van der Waals surface area (Å²) in [6.07, 6.45) is 3.67. The number of nitrogens with zero attached hydrogens (tertiary/aromatic N) is 5. The van der Waals surface area contributed by atoms with Crippen molar-refractivity contribution in [2.45, 2.75) is 92.6 Å². The molecule has 322 valence electrons. The molecular formula is C47H50FN6O7P. The van der Waals surface area contributed by atoms with Crippen LogP contribution in [0.15, 0.2) is 124 Å². The minimum Gasteiger partial charge on any atom is -0.497 e. The van der Waals surface area contributed by atoms with Gasteiger partial charge in [0, 0.05) is 18.2 Å². The number of carbonyl (C=O) groups excluding carboxylic acids is 1. The zero-order valence-corrected chi connectivity index (χ0v) is 35.6. The zero-order chi connectivity index (χ0) is 42.3. The summed E-state index contributed by atoms with van der Waals surface area (Å²) in [6, 6.07) is 34.0. The van der Waals surface area contributed by atoms with Gasteiger partial charge in [-0.15, -0.1) is 0 Å². The number of alkyl halides is 1. The monoisotopic (exact) mass is 860 g/mol. The number of ether oxygens (including phenoxy) is 4. The molecule has 0 bridgehead atoms. The van der Waals surface area contributed by atoms with E-state index in [0.717, 1.165) is 61.8 Å². The Kier molecular flexibility index (Phi) is 11.4. The second-order valence-electron chi connectivity index (χ2n) is 16.5. The molecule has 15 heteroatoms. The first-order valence-corrected chi connectivity index (χ1v) is 22.5. The van der Waals surface area contributed by atoms with E-state index in [-0.39, 0.29) is 24.2 Å². The molecule has 6 aliphatic rings. The van der Waals surface area contributed by atoms with Crippen LogP contribution < -0.4 is 14.8 Å². The molecule has 1 N–H and O–H groups in total. The maximum atomic E-state index is 17.7. The van der Waals surface area contributed by atoms with Crippen molar-refractivity contribution in [2.24, 2.45) is 15.0 Å². The third-order valence-corrected chi connectivity index (χ3v) is 14.9. The van der Waals surface area contributed by atoms with E-state index in [4.69, 9.17) is 33.0 Å². The Morgan fingerprint density at radius 3 is 2.18 bits per heavy atom. The van der Waals surface area contributed by atoms with E-state index in [9.17, 15) is 4.79 Å². The fourth-order valence-electron chi connectivity index (χ4n) is 9.98. The summed E-state index contributed by atoms with van der Waals surface area (Å²) in [6.45, 7) is 0.780. The third-order valence-electron chi connectivity index (χ3n) is 13.1. The molecule has 0 radical (unpaired) electrons. The van der Waals surface area contributed by atoms with E-state index >= 15 is 4.39 Å². The van der Waals surface area contributed by atoms with Crippen molar-refractivity contribution >= 4 is 32.9 Å². The largest absolute Gasteiger partial charge is 0.497 e. The molecule has 4 aromatic rings. The summed E-state index contributed by atoms with van der Waals surface area (Å²) in [4.78, 5) is 28.6. The Hall–Kier alpha value is -5.08. The summed E-state index contributed by atoms with van der Waals surface area (Å²) < 4.78 is 59.2. The highest BCUT2D eigenvalue weighted by Crippen LogP contribution is 2.65. The fourth-order valence-corrected chi connectivity index (χ4v) is 12.2. The average molecular weight is 861 g/mol. The summed E-state index contributed by atoms with van der Waals surface area (Å²) in [7, 11) is 1.67. The van der Waals surface area contributed by atoms with Gasteiger partial charge in [-0.1, -0.05) is 85.6 Å². The quantitative estimate of drug-likeness (QED) is 0.115. The number of rotatable bonds is 12. The van der Waals surface area contributed by atoms with Crippen LogP contribution >= 0.6 is 8.53 Å². The number of amidine groups is 1. The van der Waals surface area contributed by atoms with Crippen molar-refractivity contribution in [1.29, 1.82) is 0 Å². The number of aliphatic imine (C=N–C) groups is 3. The molecule has 1 spiro atoms. The number of benzene rings is 4. The van der Waals surface area contributed by atoms with Crippen LogP contribution in [-0.4, -0.2) is 110 Å². The van der Waals surface area contributed by atoms with E-state index in [0.29, 0.717) is 22.9 Å². The molecule has 2 unspecified atom stereocenters. The normalized spacial score (nSPS) is 28.6. The predicted octanol–water partition coefficient (Wildman–Crippen LogP) is 7.40. The standard InChI is InChI=1S/C47H50FN6O7P/c1-56-35-21-17-33(18-22-35)47(32-14-7-4-8-15-32,34-19-23-36(57-2)24-20-34)58-28-37-41(60-62-54-27-11-16-38(54)46(61-62)25-9-10-26-46)39(48)45(59-37)53-30-51-40-42(49-29-50-43(40)53)52-44(55)31-12-5-3-6-13-31/h3-8,12-15,17-24,29-30,37-41,43,45H,9-11,16,25-28H2,1-2H3,(H,49,50,52,55)/t37-,38+,39-,40?,41-,43?,45-,62-/m1/s1. The number of hydrogen-bond acceptors (Lipinski definition) is 12. The highest BCUT2D eigenvalue weighted by Gasteiger charge is 2.60. The van der Waals surface area contributed by atoms with E-state index in [1.54, 1.807) is 49.7 Å². The summed E-state index contributed by atoms with van der Waals surface area (Å²) in [5.41, 5.74) is 1.56. The molecule has 1 aliphatic carbocycles. The molecule has 5 heterocycles. The molecule has 8 atom stereocenters. The Morgan fingerprint density at radius 1 is 0.871 bits per heavy atom. The van der Waals surface area contributed by atoms with Gasteiger partial charge in [0.1, 0.15) is 41.5 Å². The Labute approximate surface area is 361 Å². The Morgan fingerprint density at radius 2 is 1.52 bits per heavy atom. The average Bonchev–Trinajstić information content (AvgIpc) is 4.18. The number of fused-ring (bicyclic) bond motifs is 3. The molecule has 3 saturated heterocycles. The van der Waals surface area contributed by atoms with Crippen molar-refractivity contribution in [3.05, 3.63) is 131 Å². The third kappa shape index (κ3) is 7.30. The summed E-state index contributed by atoms with van der Waals surface area (Å²) in [5, 5.41) is 2.90. The predicted molar refractivity (Wildman–Crippen MR) is 233 cm³/mol. The number of methoxy groups -OCH3 is 2. The second-order valence-corrected chi connectivity index (χ2v) is 17.9. The molecule has 62 heavy (non-hydrogen) atoms. The van der Waals surface area contributed by atoms with Gasteiger partial charge in [0.2, 0.25) is 0 Å². The van der Waals surface area contributed by atoms with Gasteiger partial charge >= 0.3 is 0 Å². The summed E-state index contributed by atoms with van der Waals surface area (Å²) >= 11 is 0. The first kappa shape index (κ1) is 41.0. The van der Waals surface area contributed by atoms with Gasteiger partial charge < -0.3 is 38.2 Å². The van der Waals surface area contributed by atoms with Gasteiger partial charge in [-0.2, -0.15) is 0 Å². The van der Waals surface area contributed by atoms with Crippen LogP contribution in [0.3, 0.4) is 0 Å². The van der Waals surface area contributed by atoms with Crippen molar-refractivity contribution in [3.8, 4) is 11.5 Å². The highest BCUT2D eigenvalue weighted by atomic mass is 31.2. The van der Waals surface area contributed by atoms with Crippen LogP contribution in [0.4, 0.5) is 4.39 Å². The first-order chi connectivity index (χ1) is 30.4. The fraction of sp³-hybridized carbons (Fsp3) is 0.404. The summed E-state index contributed by atoms with van der Waals surface area (Å²) in [5.74, 6) is 1.39. The highest BCUT2D eigenvalue weighted by molar-refractivity contribution is 7.45. The number of halogens is 1. The number of carbonyl (C=O) groups is 1. The van der Waals surface area contributed by atoms with Gasteiger partial charge in [0.25, 0.3) is 14.4 Å². The Bertz CT molecular complexity index is 2250. The Balaban J connectivity index is 0.984. The lowest BCUT2D eigenvalue weighted by Gasteiger charge is -2.37. The molecule has 13 nitrogen and oxygen atoms in total. The van der Waals surface area contributed by atoms with Crippen molar-refractivity contribution in [2.75, 3.05) is 27.4 Å². The molecule has 1 saturated carbocycles. The van der Waals surface area contributed by atoms with Crippen LogP contribution in [0, 0.1) is 0 Å². The molecule has 5 aliphatic heterocycles. The number of hydrogen-bond donors (Lipinski definition) is 1. The molecular weight excluding hydrogens is 811 g/mol. The van der Waals surface area contributed by atoms with Crippen molar-refractivity contribution < 1.29 is 37.2 Å². The lowest BCUT2D eigenvalue weighted by Crippen LogP contribution is -2.52. The SMILES string of the molecule is COc1ccc(C(OC[C@H]2O[C@@H](N3C=NC4C(NC(=O)c5ccccc5)=NC=NC43)[C@H](F)[C@@H]2O[P@]2OC3(CCCC3)[C@@H]3CCCN32)(c2ccccc2)c2ccc(OC)cc2)cc1. The van der Waals surface area contributed by atoms with Gasteiger partial charge in [-0.05, 0) is 78.8 Å². The lowest BCUT2D eigenvalue weighted by atomic mass is 9.80. The first-order valence-electron chi connectivity index (χ1n) is 21.4. The van der Waals surface area contributed by atoms with E-state index < -0.39 is 50.9 Å². The molecule has 0 aromatic heterocycles. The van der Waals surface area contributed by atoms with Gasteiger partial charge in [0.05, 0.1) is 32.8 Å². The van der Waals surface area contributed by atoms with Gasteiger partial charge in [-0.3, -0.25) is 9.79 Å². The smallest absolute Gasteiger partial charge is 0.260 e. The maximum Gasteiger partial charge on any atom is 0.260 e. The van der Waals surface area contributed by atoms with Crippen LogP contribution in [0.1, 0.15) is 65.6 Å². The zero-order valence-electron chi connectivity index (χ0n) is 34.7. The molecule has 1 amide bonds. The van der Waals surface area contributed by atoms with Crippen LogP contribution in [0.5, 0.6) is 11.5 Å². The van der Waals surface area contributed by atoms with Crippen LogP contribution in [-0.2, 0) is 24.1 Å². The van der Waals surface area contributed by atoms with Crippen LogP contribution in [0.2, 0.25) is 0 Å². The second kappa shape index (κ2) is 17.2. The van der Waals surface area contributed by atoms with Gasteiger partial charge in [0.15, 0.2) is 24.6 Å². The number of amides is 1. The van der Waals surface area contributed by atoms with E-state index in [1.165, 1.54) is 6.34 Å². The van der Waals surface area contributed by atoms with E-state index in [1.807, 2.05) is 84.9 Å². The molecule has 4 aromatic carbocycles.